The number of carbonyl (C=O) groups is 2. The quantitative estimate of drug-likeness (QED) is 0.332. The van der Waals surface area contributed by atoms with Crippen LogP contribution in [-0.2, 0) is 0 Å². The summed E-state index contributed by atoms with van der Waals surface area (Å²) in [6.07, 6.45) is 4.22. The van der Waals surface area contributed by atoms with Gasteiger partial charge in [0.1, 0.15) is 0 Å². The molecule has 0 bridgehead atoms. The molecule has 0 aliphatic carbocycles. The van der Waals surface area contributed by atoms with Gasteiger partial charge in [-0.2, -0.15) is 0 Å². The second kappa shape index (κ2) is 7.92. The van der Waals surface area contributed by atoms with E-state index >= 15 is 0 Å². The molecule has 1 unspecified atom stereocenters. The van der Waals surface area contributed by atoms with Crippen molar-refractivity contribution in [1.82, 2.24) is 5.32 Å². The number of hydrogen-bond donors (Lipinski definition) is 2. The maximum Gasteiger partial charge on any atom is 0.335 e. The number of allylic oxidation sites excluding steroid dienone is 1. The Kier molecular flexibility index (Phi) is 6.25. The van der Waals surface area contributed by atoms with Crippen LogP contribution in [0.2, 0.25) is 0 Å². The molecule has 1 amide bonds. The average Bonchev–Trinajstić information content (AvgIpc) is 2.46. The molecule has 0 aliphatic heterocycles. The van der Waals surface area contributed by atoms with Crippen molar-refractivity contribution in [3.8, 4) is 0 Å². The Labute approximate surface area is 127 Å². The molecule has 0 aliphatic rings. The van der Waals surface area contributed by atoms with Crippen LogP contribution in [0, 0.1) is 10.1 Å². The largest absolute Gasteiger partial charge is 0.478 e. The van der Waals surface area contributed by atoms with Crippen molar-refractivity contribution < 1.29 is 19.6 Å². The van der Waals surface area contributed by atoms with E-state index < -0.39 is 22.5 Å². The first-order valence-electron chi connectivity index (χ1n) is 6.79. The molecule has 0 aromatic heterocycles. The van der Waals surface area contributed by atoms with Gasteiger partial charge in [0.05, 0.1) is 10.5 Å². The summed E-state index contributed by atoms with van der Waals surface area (Å²) < 4.78 is 0. The number of benzene rings is 1. The lowest BCUT2D eigenvalue weighted by molar-refractivity contribution is -0.384. The van der Waals surface area contributed by atoms with Crippen molar-refractivity contribution in [2.75, 3.05) is 0 Å². The van der Waals surface area contributed by atoms with Crippen LogP contribution in [0.15, 0.2) is 30.9 Å². The molecule has 7 nitrogen and oxygen atoms in total. The Morgan fingerprint density at radius 3 is 2.59 bits per heavy atom. The highest BCUT2D eigenvalue weighted by atomic mass is 16.6. The predicted octanol–water partition coefficient (Wildman–Crippen LogP) is 2.77. The molecule has 7 heteroatoms. The van der Waals surface area contributed by atoms with Crippen LogP contribution < -0.4 is 5.32 Å². The summed E-state index contributed by atoms with van der Waals surface area (Å²) >= 11 is 0. The third-order valence-electron chi connectivity index (χ3n) is 3.06. The van der Waals surface area contributed by atoms with E-state index in [2.05, 4.69) is 11.9 Å². The summed E-state index contributed by atoms with van der Waals surface area (Å²) in [6, 6.07) is 2.99. The van der Waals surface area contributed by atoms with E-state index in [0.29, 0.717) is 0 Å². The molecule has 1 rings (SSSR count). The topological polar surface area (TPSA) is 110 Å². The van der Waals surface area contributed by atoms with Crippen molar-refractivity contribution in [2.45, 2.75) is 32.2 Å². The smallest absolute Gasteiger partial charge is 0.335 e. The molecule has 118 valence electrons. The molecule has 22 heavy (non-hydrogen) atoms. The highest BCUT2D eigenvalue weighted by Gasteiger charge is 2.18. The van der Waals surface area contributed by atoms with Crippen molar-refractivity contribution in [1.29, 1.82) is 0 Å². The van der Waals surface area contributed by atoms with Gasteiger partial charge in [0.25, 0.3) is 11.6 Å². The number of nitro groups is 1. The predicted molar refractivity (Wildman–Crippen MR) is 81.0 cm³/mol. The van der Waals surface area contributed by atoms with Gasteiger partial charge in [-0.3, -0.25) is 14.9 Å². The van der Waals surface area contributed by atoms with E-state index in [4.69, 9.17) is 5.11 Å². The molecular weight excluding hydrogens is 288 g/mol. The third-order valence-corrected chi connectivity index (χ3v) is 3.06. The molecule has 1 aromatic rings. The number of carboxylic acid groups (broad SMARTS) is 1. The summed E-state index contributed by atoms with van der Waals surface area (Å²) in [6.45, 7) is 5.43. The molecular formula is C15H18N2O5. The Balaban J connectivity index is 2.90. The third kappa shape index (κ3) is 5.01. The lowest BCUT2D eigenvalue weighted by Gasteiger charge is -2.13. The van der Waals surface area contributed by atoms with Crippen LogP contribution in [-0.4, -0.2) is 27.9 Å². The van der Waals surface area contributed by atoms with Gasteiger partial charge in [-0.15, -0.1) is 6.58 Å². The number of non-ortho nitro benzene ring substituents is 1. The zero-order valence-corrected chi connectivity index (χ0v) is 12.2. The molecule has 0 fully saturated rings. The number of carboxylic acids is 1. The number of nitrogens with zero attached hydrogens (tertiary/aromatic N) is 1. The second-order valence-corrected chi connectivity index (χ2v) is 4.92. The molecule has 0 saturated carbocycles. The number of nitro benzene ring substituents is 1. The minimum Gasteiger partial charge on any atom is -0.478 e. The Morgan fingerprint density at radius 2 is 2.05 bits per heavy atom. The van der Waals surface area contributed by atoms with Gasteiger partial charge in [-0.25, -0.2) is 4.79 Å². The van der Waals surface area contributed by atoms with E-state index in [1.165, 1.54) is 0 Å². The number of nitrogens with one attached hydrogen (secondary N) is 1. The van der Waals surface area contributed by atoms with Gasteiger partial charge >= 0.3 is 5.97 Å². The summed E-state index contributed by atoms with van der Waals surface area (Å²) in [4.78, 5) is 33.2. The van der Waals surface area contributed by atoms with Gasteiger partial charge < -0.3 is 10.4 Å². The summed E-state index contributed by atoms with van der Waals surface area (Å²) in [7, 11) is 0. The summed E-state index contributed by atoms with van der Waals surface area (Å²) in [5.41, 5.74) is -0.759. The summed E-state index contributed by atoms with van der Waals surface area (Å²) in [5.74, 6) is -1.85. The first kappa shape index (κ1) is 17.4. The van der Waals surface area contributed by atoms with Crippen LogP contribution in [0.5, 0.6) is 0 Å². The lowest BCUT2D eigenvalue weighted by atomic mass is 10.1. The van der Waals surface area contributed by atoms with Crippen molar-refractivity contribution in [3.05, 3.63) is 52.1 Å². The maximum atomic E-state index is 12.1. The zero-order valence-electron chi connectivity index (χ0n) is 12.2. The lowest BCUT2D eigenvalue weighted by Crippen LogP contribution is -2.32. The molecule has 0 heterocycles. The average molecular weight is 306 g/mol. The van der Waals surface area contributed by atoms with E-state index in [0.717, 1.165) is 37.5 Å². The molecule has 2 N–H and O–H groups in total. The fraction of sp³-hybridized carbons (Fsp3) is 0.333. The SMILES string of the molecule is C=CCCCC(C)NC(=O)c1cc(C(=O)O)cc([N+](=O)[O-])c1. The Hall–Kier alpha value is -2.70. The standard InChI is InChI=1S/C15H18N2O5/c1-3-4-5-6-10(2)16-14(18)11-7-12(15(19)20)9-13(8-11)17(21)22/h3,7-10H,1,4-6H2,2H3,(H,16,18)(H,19,20). The minimum absolute atomic E-state index is 0.0397. The number of rotatable bonds is 8. The Bertz CT molecular complexity index is 565. The highest BCUT2D eigenvalue weighted by molar-refractivity contribution is 5.98. The van der Waals surface area contributed by atoms with Crippen LogP contribution in [0.4, 0.5) is 5.69 Å². The fourth-order valence-corrected chi connectivity index (χ4v) is 1.92. The first-order valence-corrected chi connectivity index (χ1v) is 6.79. The fourth-order valence-electron chi connectivity index (χ4n) is 1.92. The number of aromatic carboxylic acids is 1. The molecule has 1 atom stereocenters. The van der Waals surface area contributed by atoms with E-state index in [-0.39, 0.29) is 17.2 Å². The first-order chi connectivity index (χ1) is 10.3. The van der Waals surface area contributed by atoms with Crippen molar-refractivity contribution >= 4 is 17.6 Å². The monoisotopic (exact) mass is 306 g/mol. The van der Waals surface area contributed by atoms with Gasteiger partial charge in [0, 0.05) is 23.7 Å². The number of carbonyl (C=O) groups excluding carboxylic acids is 1. The highest BCUT2D eigenvalue weighted by Crippen LogP contribution is 2.18. The number of unbranched alkanes of at least 4 members (excludes halogenated alkanes) is 1. The normalized spacial score (nSPS) is 11.5. The van der Waals surface area contributed by atoms with Crippen LogP contribution in [0.3, 0.4) is 0 Å². The number of amides is 1. The molecule has 0 spiro atoms. The maximum absolute atomic E-state index is 12.1. The van der Waals surface area contributed by atoms with Crippen LogP contribution >= 0.6 is 0 Å². The van der Waals surface area contributed by atoms with Gasteiger partial charge in [0.2, 0.25) is 0 Å². The van der Waals surface area contributed by atoms with Crippen molar-refractivity contribution in [2.24, 2.45) is 0 Å². The van der Waals surface area contributed by atoms with E-state index in [9.17, 15) is 19.7 Å². The zero-order chi connectivity index (χ0) is 16.7. The van der Waals surface area contributed by atoms with Crippen molar-refractivity contribution in [3.63, 3.8) is 0 Å². The van der Waals surface area contributed by atoms with E-state index in [1.54, 1.807) is 6.08 Å². The Morgan fingerprint density at radius 1 is 1.41 bits per heavy atom. The summed E-state index contributed by atoms with van der Waals surface area (Å²) in [5, 5.41) is 22.5. The van der Waals surface area contributed by atoms with Crippen LogP contribution in [0.1, 0.15) is 46.9 Å². The van der Waals surface area contributed by atoms with Gasteiger partial charge in [0.15, 0.2) is 0 Å². The van der Waals surface area contributed by atoms with E-state index in [1.807, 2.05) is 6.92 Å². The second-order valence-electron chi connectivity index (χ2n) is 4.92. The minimum atomic E-state index is -1.32. The van der Waals surface area contributed by atoms with Crippen LogP contribution in [0.25, 0.3) is 0 Å². The van der Waals surface area contributed by atoms with Gasteiger partial charge in [-0.05, 0) is 32.3 Å². The molecule has 0 saturated heterocycles. The number of hydrogen-bond acceptors (Lipinski definition) is 4. The molecule has 1 aromatic carbocycles. The van der Waals surface area contributed by atoms with Gasteiger partial charge in [-0.1, -0.05) is 6.08 Å². The molecule has 0 radical (unpaired) electrons.